The van der Waals surface area contributed by atoms with E-state index in [0.717, 1.165) is 0 Å². The maximum Gasteiger partial charge on any atom is 0.412 e. The first-order chi connectivity index (χ1) is 13.5. The molecular weight excluding hydrogens is 385 g/mol. The molecule has 29 heavy (non-hydrogen) atoms. The molecule has 1 atom stereocenters. The van der Waals surface area contributed by atoms with Gasteiger partial charge >= 0.3 is 12.3 Å². The summed E-state index contributed by atoms with van der Waals surface area (Å²) in [5.74, 6) is 0.307. The number of halogens is 3. The molecule has 0 aliphatic carbocycles. The highest BCUT2D eigenvalue weighted by Crippen LogP contribution is 2.35. The number of anilines is 1. The van der Waals surface area contributed by atoms with Gasteiger partial charge in [-0.25, -0.2) is 9.48 Å². The molecule has 0 aliphatic rings. The van der Waals surface area contributed by atoms with Crippen molar-refractivity contribution in [3.05, 3.63) is 54.1 Å². The highest BCUT2D eigenvalue weighted by atomic mass is 19.4. The largest absolute Gasteiger partial charge is 0.444 e. The van der Waals surface area contributed by atoms with Gasteiger partial charge in [-0.2, -0.15) is 18.3 Å². The number of para-hydroxylation sites is 1. The number of fused-ring (bicyclic) bond motifs is 1. The molecule has 6 nitrogen and oxygen atoms in total. The molecule has 154 valence electrons. The first-order valence-corrected chi connectivity index (χ1v) is 8.85. The van der Waals surface area contributed by atoms with Crippen LogP contribution in [0.5, 0.6) is 0 Å². The summed E-state index contributed by atoms with van der Waals surface area (Å²) in [6.45, 7) is 4.71. The van der Waals surface area contributed by atoms with Crippen LogP contribution in [0.4, 0.5) is 23.8 Å². The Kier molecular flexibility index (Phi) is 5.16. The Labute approximate surface area is 165 Å². The number of rotatable bonds is 3. The van der Waals surface area contributed by atoms with Crippen LogP contribution in [0.2, 0.25) is 0 Å². The number of nitrogens with one attached hydrogen (secondary N) is 1. The minimum absolute atomic E-state index is 0.173. The topological polar surface area (TPSA) is 82.2 Å². The summed E-state index contributed by atoms with van der Waals surface area (Å²) in [4.78, 5) is 11.9. The molecule has 3 aromatic rings. The molecule has 2 aromatic carbocycles. The van der Waals surface area contributed by atoms with Gasteiger partial charge in [0.15, 0.2) is 6.04 Å². The van der Waals surface area contributed by atoms with Crippen LogP contribution in [0.25, 0.3) is 16.6 Å². The van der Waals surface area contributed by atoms with Gasteiger partial charge in [-0.3, -0.25) is 0 Å². The number of alkyl halides is 3. The Morgan fingerprint density at radius 1 is 1.14 bits per heavy atom. The van der Waals surface area contributed by atoms with Gasteiger partial charge in [-0.1, -0.05) is 24.3 Å². The van der Waals surface area contributed by atoms with Gasteiger partial charge in [0, 0.05) is 5.39 Å². The summed E-state index contributed by atoms with van der Waals surface area (Å²) >= 11 is 0. The summed E-state index contributed by atoms with van der Waals surface area (Å²) < 4.78 is 47.3. The van der Waals surface area contributed by atoms with Crippen molar-refractivity contribution in [2.75, 3.05) is 5.73 Å². The maximum atomic E-state index is 13.6. The number of nitrogen functional groups attached to an aromatic ring is 1. The van der Waals surface area contributed by atoms with Gasteiger partial charge in [0.1, 0.15) is 11.4 Å². The van der Waals surface area contributed by atoms with E-state index in [2.05, 4.69) is 5.10 Å². The number of alkyl carbamates (subject to hydrolysis) is 1. The molecule has 0 fully saturated rings. The molecule has 3 rings (SSSR count). The van der Waals surface area contributed by atoms with Crippen LogP contribution in [-0.4, -0.2) is 27.7 Å². The van der Waals surface area contributed by atoms with Crippen LogP contribution < -0.4 is 11.1 Å². The zero-order valence-electron chi connectivity index (χ0n) is 16.1. The Morgan fingerprint density at radius 3 is 2.38 bits per heavy atom. The van der Waals surface area contributed by atoms with Crippen molar-refractivity contribution < 1.29 is 22.7 Å². The third-order valence-electron chi connectivity index (χ3n) is 4.06. The number of ether oxygens (including phenoxy) is 1. The average Bonchev–Trinajstić information content (AvgIpc) is 2.94. The lowest BCUT2D eigenvalue weighted by atomic mass is 10.0. The molecular formula is C20H21F3N4O2. The summed E-state index contributed by atoms with van der Waals surface area (Å²) in [6.07, 6.45) is -5.88. The van der Waals surface area contributed by atoms with Crippen molar-refractivity contribution in [1.82, 2.24) is 15.1 Å². The monoisotopic (exact) mass is 406 g/mol. The van der Waals surface area contributed by atoms with Crippen molar-refractivity contribution in [2.45, 2.75) is 38.6 Å². The standard InChI is InChI=1S/C20H21F3N4O2/c1-19(2,3)29-18(28)25-16(20(21,22)23)12-9-10-14-15(11-12)26-27(17(14)24)13-7-5-4-6-8-13/h4-11,16H,24H2,1-3H3,(H,25,28)/t16-/m1/s1. The van der Waals surface area contributed by atoms with Crippen LogP contribution in [0.3, 0.4) is 0 Å². The van der Waals surface area contributed by atoms with E-state index in [-0.39, 0.29) is 11.1 Å². The van der Waals surface area contributed by atoms with E-state index in [9.17, 15) is 18.0 Å². The summed E-state index contributed by atoms with van der Waals surface area (Å²) in [6, 6.07) is 10.8. The van der Waals surface area contributed by atoms with E-state index in [4.69, 9.17) is 10.5 Å². The van der Waals surface area contributed by atoms with Crippen molar-refractivity contribution in [2.24, 2.45) is 0 Å². The predicted molar refractivity (Wildman–Crippen MR) is 104 cm³/mol. The van der Waals surface area contributed by atoms with Crippen molar-refractivity contribution in [3.63, 3.8) is 0 Å². The lowest BCUT2D eigenvalue weighted by Crippen LogP contribution is -2.41. The fourth-order valence-electron chi connectivity index (χ4n) is 2.85. The number of aromatic nitrogens is 2. The molecule has 9 heteroatoms. The van der Waals surface area contributed by atoms with Gasteiger partial charge in [0.25, 0.3) is 0 Å². The van der Waals surface area contributed by atoms with Crippen LogP contribution in [0.15, 0.2) is 48.5 Å². The molecule has 0 spiro atoms. The fourth-order valence-corrected chi connectivity index (χ4v) is 2.85. The molecule has 1 aromatic heterocycles. The molecule has 0 saturated heterocycles. The number of nitrogens with zero attached hydrogens (tertiary/aromatic N) is 2. The van der Waals surface area contributed by atoms with E-state index >= 15 is 0 Å². The van der Waals surface area contributed by atoms with Gasteiger partial charge in [0.05, 0.1) is 11.2 Å². The zero-order valence-corrected chi connectivity index (χ0v) is 16.1. The number of carbonyl (C=O) groups is 1. The van der Waals surface area contributed by atoms with E-state index in [0.29, 0.717) is 16.9 Å². The molecule has 1 heterocycles. The molecule has 0 aliphatic heterocycles. The third-order valence-corrected chi connectivity index (χ3v) is 4.06. The lowest BCUT2D eigenvalue weighted by Gasteiger charge is -2.25. The summed E-state index contributed by atoms with van der Waals surface area (Å²) in [5, 5.41) is 6.73. The van der Waals surface area contributed by atoms with Crippen LogP contribution in [0, 0.1) is 0 Å². The molecule has 0 unspecified atom stereocenters. The Morgan fingerprint density at radius 2 is 1.79 bits per heavy atom. The van der Waals surface area contributed by atoms with Gasteiger partial charge in [-0.15, -0.1) is 0 Å². The third kappa shape index (κ3) is 4.61. The maximum absolute atomic E-state index is 13.6. The molecule has 0 radical (unpaired) electrons. The highest BCUT2D eigenvalue weighted by molar-refractivity contribution is 5.90. The minimum atomic E-state index is -4.72. The number of hydrogen-bond acceptors (Lipinski definition) is 4. The second-order valence-electron chi connectivity index (χ2n) is 7.53. The van der Waals surface area contributed by atoms with Gasteiger partial charge in [0.2, 0.25) is 0 Å². The van der Waals surface area contributed by atoms with Crippen molar-refractivity contribution in [1.29, 1.82) is 0 Å². The Bertz CT molecular complexity index is 1020. The summed E-state index contributed by atoms with van der Waals surface area (Å²) in [7, 11) is 0. The molecule has 3 N–H and O–H groups in total. The number of amides is 1. The average molecular weight is 406 g/mol. The number of benzene rings is 2. The van der Waals surface area contributed by atoms with Crippen LogP contribution in [0.1, 0.15) is 32.4 Å². The number of nitrogens with two attached hydrogens (primary N) is 1. The van der Waals surface area contributed by atoms with Crippen molar-refractivity contribution in [3.8, 4) is 5.69 Å². The molecule has 0 bridgehead atoms. The Balaban J connectivity index is 1.99. The van der Waals surface area contributed by atoms with Gasteiger partial charge in [-0.05, 0) is 50.6 Å². The van der Waals surface area contributed by atoms with Crippen molar-refractivity contribution >= 4 is 22.8 Å². The van der Waals surface area contributed by atoms with E-state index < -0.39 is 23.9 Å². The quantitative estimate of drug-likeness (QED) is 0.659. The molecule has 1 amide bonds. The van der Waals surface area contributed by atoms with E-state index in [1.165, 1.54) is 22.9 Å². The fraction of sp³-hybridized carbons (Fsp3) is 0.300. The second-order valence-corrected chi connectivity index (χ2v) is 7.53. The second kappa shape index (κ2) is 7.31. The van der Waals surface area contributed by atoms with Crippen LogP contribution >= 0.6 is 0 Å². The van der Waals surface area contributed by atoms with E-state index in [1.807, 2.05) is 11.4 Å². The van der Waals surface area contributed by atoms with E-state index in [1.54, 1.807) is 45.0 Å². The predicted octanol–water partition coefficient (Wildman–Crippen LogP) is 4.74. The first kappa shape index (κ1) is 20.5. The molecule has 0 saturated carbocycles. The minimum Gasteiger partial charge on any atom is -0.444 e. The lowest BCUT2D eigenvalue weighted by molar-refractivity contribution is -0.156. The van der Waals surface area contributed by atoms with Gasteiger partial charge < -0.3 is 15.8 Å². The first-order valence-electron chi connectivity index (χ1n) is 8.85. The zero-order chi connectivity index (χ0) is 21.4. The number of carbonyl (C=O) groups excluding carboxylic acids is 1. The van der Waals surface area contributed by atoms with Crippen LogP contribution in [-0.2, 0) is 4.74 Å². The SMILES string of the molecule is CC(C)(C)OC(=O)N[C@H](c1ccc2c(N)n(-c3ccccc3)nc2c1)C(F)(F)F. The number of hydrogen-bond donors (Lipinski definition) is 2. The Hall–Kier alpha value is -3.23. The smallest absolute Gasteiger partial charge is 0.412 e. The summed E-state index contributed by atoms with van der Waals surface area (Å²) in [5.41, 5.74) is 5.99. The highest BCUT2D eigenvalue weighted by Gasteiger charge is 2.43. The normalized spacial score (nSPS) is 13.3.